The number of nitrogens with one attached hydrogen (secondary N) is 2. The Labute approximate surface area is 469 Å². The van der Waals surface area contributed by atoms with Gasteiger partial charge in [0.15, 0.2) is 27.9 Å². The Balaban J connectivity index is 0.00000544. The van der Waals surface area contributed by atoms with Gasteiger partial charge in [-0.05, 0) is 54.6 Å². The minimum atomic E-state index is -5.31. The molecule has 0 aliphatic rings. The Morgan fingerprint density at radius 1 is 0.788 bits per heavy atom. The van der Waals surface area contributed by atoms with E-state index in [1.807, 2.05) is 0 Å². The molecule has 0 saturated heterocycles. The molecule has 332 valence electrons. The Morgan fingerprint density at radius 3 is 2.11 bits per heavy atom. The van der Waals surface area contributed by atoms with Crippen LogP contribution < -0.4 is 144 Å². The molecular weight excluding hydrogens is 1030 g/mol. The van der Waals surface area contributed by atoms with Gasteiger partial charge >= 0.3 is 124 Å². The molecule has 25 nitrogen and oxygen atoms in total. The molecule has 36 heteroatoms. The summed E-state index contributed by atoms with van der Waals surface area (Å²) >= 11 is 0.234. The van der Waals surface area contributed by atoms with Crippen LogP contribution in [0.3, 0.4) is 0 Å². The summed E-state index contributed by atoms with van der Waals surface area (Å²) in [6.45, 7) is -0.449. The number of benzene rings is 4. The van der Waals surface area contributed by atoms with Crippen molar-refractivity contribution in [2.75, 3.05) is 36.0 Å². The van der Waals surface area contributed by atoms with Gasteiger partial charge in [-0.15, -0.1) is 24.8 Å². The van der Waals surface area contributed by atoms with E-state index in [0.717, 1.165) is 36.4 Å². The van der Waals surface area contributed by atoms with Crippen molar-refractivity contribution < 1.29 is 205 Å². The van der Waals surface area contributed by atoms with Crippen molar-refractivity contribution in [3.63, 3.8) is 0 Å². The maximum absolute atomic E-state index is 13.7. The molecule has 0 aliphatic heterocycles. The number of fused-ring (bicyclic) bond motifs is 1. The average molecular weight is 1060 g/mol. The van der Waals surface area contributed by atoms with E-state index >= 15 is 0 Å². The Kier molecular flexibility index (Phi) is 27.1. The topological polar surface area (TPSA) is 370 Å². The number of phenolic OH excluding ortho intramolecular Hbond substituents is 1. The number of anilines is 3. The van der Waals surface area contributed by atoms with Gasteiger partial charge in [-0.1, -0.05) is 0 Å². The minimum absolute atomic E-state index is 0. The zero-order valence-electron chi connectivity index (χ0n) is 34.4. The summed E-state index contributed by atoms with van der Waals surface area (Å²) in [5, 5.41) is 59.1. The first-order valence-electron chi connectivity index (χ1n) is 16.0. The second-order valence-corrected chi connectivity index (χ2v) is 17.5. The van der Waals surface area contributed by atoms with Crippen molar-refractivity contribution in [2.45, 2.75) is 14.7 Å². The summed E-state index contributed by atoms with van der Waals surface area (Å²) in [4.78, 5) is 4.63. The van der Waals surface area contributed by atoms with E-state index in [1.165, 1.54) is 25.3 Å². The number of hydrogen-bond donors (Lipinski definition) is 3. The quantitative estimate of drug-likeness (QED) is 0.00707. The Bertz CT molecular complexity index is 2870. The van der Waals surface area contributed by atoms with Gasteiger partial charge in [-0.2, -0.15) is 23.1 Å². The fraction of sp³-hybridized carbons (Fsp3) is 0.133. The van der Waals surface area contributed by atoms with Crippen molar-refractivity contribution in [2.24, 2.45) is 20.5 Å². The van der Waals surface area contributed by atoms with Crippen LogP contribution in [0.4, 0.5) is 48.7 Å². The normalized spacial score (nSPS) is 11.7. The van der Waals surface area contributed by atoms with E-state index in [4.69, 9.17) is 8.92 Å². The van der Waals surface area contributed by atoms with Crippen LogP contribution >= 0.6 is 24.4 Å². The van der Waals surface area contributed by atoms with Gasteiger partial charge in [0.25, 0.3) is 0 Å². The minimum Gasteiger partial charge on any atom is -0.747 e. The number of ether oxygens (including phenoxy) is 1. The van der Waals surface area contributed by atoms with E-state index in [0.29, 0.717) is 6.07 Å². The number of azo groups is 2. The van der Waals surface area contributed by atoms with Crippen LogP contribution in [0.2, 0.25) is 0 Å². The summed E-state index contributed by atoms with van der Waals surface area (Å²) in [5.74, 6) is -4.34. The van der Waals surface area contributed by atoms with Gasteiger partial charge in [0.2, 0.25) is 5.95 Å². The predicted molar refractivity (Wildman–Crippen MR) is 201 cm³/mol. The van der Waals surface area contributed by atoms with Crippen LogP contribution in [0.15, 0.2) is 95.8 Å². The van der Waals surface area contributed by atoms with E-state index in [9.17, 15) is 58.8 Å². The van der Waals surface area contributed by atoms with Gasteiger partial charge < -0.3 is 40.1 Å². The van der Waals surface area contributed by atoms with Gasteiger partial charge in [0.05, 0.1) is 51.9 Å². The second kappa shape index (κ2) is 28.5. The molecule has 0 aliphatic carbocycles. The molecule has 66 heavy (non-hydrogen) atoms. The smallest absolute Gasteiger partial charge is 0.747 e. The molecule has 0 atom stereocenters. The number of phenols is 1. The van der Waals surface area contributed by atoms with Crippen LogP contribution in [0, 0.1) is 12.0 Å². The first-order valence-corrected chi connectivity index (χ1v) is 22.1. The molecule has 1 heterocycles. The first kappa shape index (κ1) is 62.7. The molecule has 0 fully saturated rings. The predicted octanol–water partition coefficient (Wildman–Crippen LogP) is -8.16. The van der Waals surface area contributed by atoms with E-state index in [-0.39, 0.29) is 186 Å². The van der Waals surface area contributed by atoms with Gasteiger partial charge in [-0.25, -0.2) is 25.3 Å². The largest absolute Gasteiger partial charge is 1.00 e. The number of halogens is 2. The van der Waals surface area contributed by atoms with E-state index < -0.39 is 93.9 Å². The van der Waals surface area contributed by atoms with Crippen LogP contribution in [0.1, 0.15) is 0 Å². The standard InChI is InChI=1S/C30H26F2N8O17S5.4Na/c1-52-22-6-3-16(60(44,45)9-8-53-59-57-55-43)11-20(22)37-40-28-23(58-56-54-42)12-18-17(29(28)41)4-5-19(33-14-61(46,47)48)27(18)39-38-21-10-15(2-7-24(21)62(49,50)51)34-26-13-25(31)35-30(32)36-26;;;;/h2-7,10-13,33,41-43H,8-9,14H2,1H3,(H,34,35,36)(H,46,47,48)(H,49,50,51);;;;/q;4*+1/p-4. The maximum atomic E-state index is 13.7. The van der Waals surface area contributed by atoms with Crippen molar-refractivity contribution in [3.05, 3.63) is 72.7 Å². The fourth-order valence-electron chi connectivity index (χ4n) is 4.99. The molecule has 0 spiro atoms. The SMILES string of the molecule is COc1ccc(S(=O)(=O)CCOSOO[O-])cc1N=Nc1c(SOO[O-])cc2c(N=Nc3cc(Nc4cc(F)nc(F)n4)ccc3S(=O)(=O)[O-])c(NCS(=O)(=O)[O-])ccc2c1O.[Na+].[Na+].[Na+].[Na+]. The Morgan fingerprint density at radius 2 is 1.47 bits per heavy atom. The summed E-state index contributed by atoms with van der Waals surface area (Å²) in [5.41, 5.74) is -2.26. The van der Waals surface area contributed by atoms with Crippen molar-refractivity contribution >= 4 is 105 Å². The summed E-state index contributed by atoms with van der Waals surface area (Å²) in [6, 6.07) is 10.2. The van der Waals surface area contributed by atoms with Crippen LogP contribution in [0.5, 0.6) is 11.5 Å². The fourth-order valence-corrected chi connectivity index (χ4v) is 7.82. The maximum Gasteiger partial charge on any atom is 1.00 e. The molecule has 5 aromatic rings. The van der Waals surface area contributed by atoms with Crippen molar-refractivity contribution in [1.82, 2.24) is 9.97 Å². The molecule has 1 aromatic heterocycles. The Hall–Kier alpha value is -1.33. The number of methoxy groups -OCH3 is 1. The molecule has 0 unspecified atom stereocenters. The van der Waals surface area contributed by atoms with Gasteiger partial charge in [-0.3, -0.25) is 14.3 Å². The zero-order valence-corrected chi connectivity index (χ0v) is 46.4. The number of sulfone groups is 1. The summed E-state index contributed by atoms with van der Waals surface area (Å²) < 4.78 is 143. The van der Waals surface area contributed by atoms with Gasteiger partial charge in [0, 0.05) is 22.5 Å². The number of rotatable bonds is 21. The summed E-state index contributed by atoms with van der Waals surface area (Å²) in [6.07, 6.45) is -1.46. The van der Waals surface area contributed by atoms with E-state index in [2.05, 4.69) is 59.8 Å². The molecule has 0 bridgehead atoms. The molecule has 0 saturated carbocycles. The van der Waals surface area contributed by atoms with Crippen molar-refractivity contribution in [1.29, 1.82) is 0 Å². The molecule has 5 rings (SSSR count). The van der Waals surface area contributed by atoms with E-state index in [1.54, 1.807) is 0 Å². The van der Waals surface area contributed by atoms with Gasteiger partial charge in [0.1, 0.15) is 60.4 Å². The molecule has 3 N–H and O–H groups in total. The first-order chi connectivity index (χ1) is 29.3. The third-order valence-electron chi connectivity index (χ3n) is 7.53. The summed E-state index contributed by atoms with van der Waals surface area (Å²) in [7, 11) is -13.1. The molecule has 0 radical (unpaired) electrons. The average Bonchev–Trinajstić information content (AvgIpc) is 3.20. The third-order valence-corrected chi connectivity index (χ3v) is 11.6. The van der Waals surface area contributed by atoms with Crippen molar-refractivity contribution in [3.8, 4) is 11.5 Å². The van der Waals surface area contributed by atoms with Crippen LogP contribution in [0.25, 0.3) is 10.8 Å². The number of hydrogen-bond acceptors (Lipinski definition) is 27. The third kappa shape index (κ3) is 17.8. The van der Waals surface area contributed by atoms with Crippen LogP contribution in [-0.4, -0.2) is 74.8 Å². The molecule has 0 amide bonds. The monoisotopic (exact) mass is 1060 g/mol. The second-order valence-electron chi connectivity index (χ2n) is 11.4. The van der Waals surface area contributed by atoms with Crippen LogP contribution in [-0.2, 0) is 53.0 Å². The molecule has 4 aromatic carbocycles. The number of nitrogens with zero attached hydrogens (tertiary/aromatic N) is 6. The number of aromatic nitrogens is 2. The zero-order chi connectivity index (χ0) is 45.2. The number of aromatic hydroxyl groups is 1. The molecular formula is C30H22F2N8Na4O17S5.